The molecule has 0 saturated heterocycles. The van der Waals surface area contributed by atoms with Gasteiger partial charge in [0.1, 0.15) is 5.56 Å². The number of nitrogens with two attached hydrogens (primary N) is 1. The molecule has 1 amide bonds. The molecule has 1 aromatic heterocycles. The van der Waals surface area contributed by atoms with Crippen LogP contribution in [0.5, 0.6) is 0 Å². The minimum atomic E-state index is -0.457. The first-order chi connectivity index (χ1) is 8.56. The van der Waals surface area contributed by atoms with E-state index >= 15 is 0 Å². The van der Waals surface area contributed by atoms with Crippen LogP contribution in [0, 0.1) is 6.92 Å². The highest BCUT2D eigenvalue weighted by molar-refractivity contribution is 6.04. The molecule has 0 radical (unpaired) electrons. The molecule has 1 aromatic carbocycles. The molecule has 0 spiro atoms. The Morgan fingerprint density at radius 3 is 2.78 bits per heavy atom. The standard InChI is InChI=1S/C13H13N3O2/c1-8-5-12(17)11(7-15-8)13(18)16-10-4-2-3-9(14)6-10/h2-7H,14H2,1H3,(H,15,17)(H,16,18). The number of pyridine rings is 1. The molecule has 2 rings (SSSR count). The van der Waals surface area contributed by atoms with Crippen molar-refractivity contribution in [3.8, 4) is 0 Å². The summed E-state index contributed by atoms with van der Waals surface area (Å²) in [5.74, 6) is -0.457. The number of carbonyl (C=O) groups is 1. The Balaban J connectivity index is 2.25. The largest absolute Gasteiger partial charge is 0.399 e. The first-order valence-corrected chi connectivity index (χ1v) is 5.42. The monoisotopic (exact) mass is 243 g/mol. The van der Waals surface area contributed by atoms with E-state index in [0.717, 1.165) is 0 Å². The highest BCUT2D eigenvalue weighted by atomic mass is 16.2. The van der Waals surface area contributed by atoms with Crippen molar-refractivity contribution in [1.82, 2.24) is 4.98 Å². The average Bonchev–Trinajstić information content (AvgIpc) is 2.28. The number of anilines is 2. The summed E-state index contributed by atoms with van der Waals surface area (Å²) in [7, 11) is 0. The van der Waals surface area contributed by atoms with E-state index in [1.165, 1.54) is 12.3 Å². The fraction of sp³-hybridized carbons (Fsp3) is 0.0769. The van der Waals surface area contributed by atoms with Crippen LogP contribution in [0.1, 0.15) is 16.1 Å². The topological polar surface area (TPSA) is 88.0 Å². The van der Waals surface area contributed by atoms with Crippen LogP contribution in [0.15, 0.2) is 41.3 Å². The van der Waals surface area contributed by atoms with Gasteiger partial charge < -0.3 is 16.0 Å². The second-order valence-corrected chi connectivity index (χ2v) is 3.97. The van der Waals surface area contributed by atoms with E-state index < -0.39 is 5.91 Å². The van der Waals surface area contributed by atoms with Crippen LogP contribution < -0.4 is 16.5 Å². The lowest BCUT2D eigenvalue weighted by Gasteiger charge is -2.05. The van der Waals surface area contributed by atoms with E-state index in [1.54, 1.807) is 31.2 Å². The zero-order valence-corrected chi connectivity index (χ0v) is 9.86. The van der Waals surface area contributed by atoms with Crippen LogP contribution in [0.3, 0.4) is 0 Å². The molecule has 18 heavy (non-hydrogen) atoms. The van der Waals surface area contributed by atoms with E-state index in [0.29, 0.717) is 17.1 Å². The van der Waals surface area contributed by atoms with Crippen LogP contribution in [0.2, 0.25) is 0 Å². The highest BCUT2D eigenvalue weighted by Crippen LogP contribution is 2.12. The normalized spacial score (nSPS) is 10.1. The molecule has 0 fully saturated rings. The van der Waals surface area contributed by atoms with Crippen LogP contribution in [0.25, 0.3) is 0 Å². The molecule has 0 saturated carbocycles. The van der Waals surface area contributed by atoms with Crippen molar-refractivity contribution in [1.29, 1.82) is 0 Å². The third-order valence-corrected chi connectivity index (χ3v) is 2.45. The predicted octanol–water partition coefficient (Wildman–Crippen LogP) is 1.52. The quantitative estimate of drug-likeness (QED) is 0.699. The van der Waals surface area contributed by atoms with Crippen LogP contribution in [-0.4, -0.2) is 10.9 Å². The third-order valence-electron chi connectivity index (χ3n) is 2.45. The molecule has 2 aromatic rings. The third kappa shape index (κ3) is 2.57. The Bertz CT molecular complexity index is 647. The maximum absolute atomic E-state index is 11.9. The van der Waals surface area contributed by atoms with Crippen molar-refractivity contribution in [2.75, 3.05) is 11.1 Å². The molecule has 5 nitrogen and oxygen atoms in total. The van der Waals surface area contributed by atoms with Gasteiger partial charge in [-0.3, -0.25) is 9.59 Å². The first kappa shape index (κ1) is 11.9. The number of nitrogens with one attached hydrogen (secondary N) is 2. The maximum Gasteiger partial charge on any atom is 0.261 e. The number of aryl methyl sites for hydroxylation is 1. The van der Waals surface area contributed by atoms with Gasteiger partial charge in [-0.25, -0.2) is 0 Å². The molecule has 5 heteroatoms. The number of nitrogen functional groups attached to an aromatic ring is 1. The summed E-state index contributed by atoms with van der Waals surface area (Å²) in [6.45, 7) is 1.75. The van der Waals surface area contributed by atoms with Gasteiger partial charge in [-0.05, 0) is 25.1 Å². The number of hydrogen-bond acceptors (Lipinski definition) is 3. The molecular formula is C13H13N3O2. The SMILES string of the molecule is Cc1cc(=O)c(C(=O)Nc2cccc(N)c2)c[nH]1. The van der Waals surface area contributed by atoms with Crippen molar-refractivity contribution < 1.29 is 4.79 Å². The minimum Gasteiger partial charge on any atom is -0.399 e. The number of carbonyl (C=O) groups excluding carboxylic acids is 1. The van der Waals surface area contributed by atoms with Gasteiger partial charge >= 0.3 is 0 Å². The molecule has 1 heterocycles. The lowest BCUT2D eigenvalue weighted by Crippen LogP contribution is -2.21. The van der Waals surface area contributed by atoms with Crippen LogP contribution in [-0.2, 0) is 0 Å². The zero-order valence-electron chi connectivity index (χ0n) is 9.86. The van der Waals surface area contributed by atoms with Gasteiger partial charge in [0, 0.05) is 29.3 Å². The lowest BCUT2D eigenvalue weighted by molar-refractivity contribution is 0.102. The molecule has 92 valence electrons. The predicted molar refractivity (Wildman–Crippen MR) is 70.6 cm³/mol. The minimum absolute atomic E-state index is 0.0722. The number of H-pyrrole nitrogens is 1. The summed E-state index contributed by atoms with van der Waals surface area (Å²) < 4.78 is 0. The molecule has 0 aliphatic heterocycles. The number of rotatable bonds is 2. The number of aromatic amines is 1. The van der Waals surface area contributed by atoms with Gasteiger partial charge in [0.2, 0.25) is 0 Å². The fourth-order valence-electron chi connectivity index (χ4n) is 1.57. The van der Waals surface area contributed by atoms with Gasteiger partial charge in [-0.15, -0.1) is 0 Å². The maximum atomic E-state index is 11.9. The molecule has 0 aliphatic rings. The second-order valence-electron chi connectivity index (χ2n) is 3.97. The summed E-state index contributed by atoms with van der Waals surface area (Å²) in [5, 5.41) is 2.62. The van der Waals surface area contributed by atoms with Gasteiger partial charge in [-0.1, -0.05) is 6.07 Å². The van der Waals surface area contributed by atoms with E-state index in [9.17, 15) is 9.59 Å². The zero-order chi connectivity index (χ0) is 13.1. The Hall–Kier alpha value is -2.56. The smallest absolute Gasteiger partial charge is 0.261 e. The Kier molecular flexibility index (Phi) is 3.14. The fourth-order valence-corrected chi connectivity index (χ4v) is 1.57. The van der Waals surface area contributed by atoms with E-state index in [2.05, 4.69) is 10.3 Å². The van der Waals surface area contributed by atoms with Crippen molar-refractivity contribution in [3.05, 3.63) is 58.0 Å². The van der Waals surface area contributed by atoms with Crippen molar-refractivity contribution >= 4 is 17.3 Å². The summed E-state index contributed by atoms with van der Waals surface area (Å²) in [4.78, 5) is 26.4. The van der Waals surface area contributed by atoms with Crippen molar-refractivity contribution in [3.63, 3.8) is 0 Å². The number of benzene rings is 1. The molecule has 0 aliphatic carbocycles. The lowest BCUT2D eigenvalue weighted by atomic mass is 10.2. The summed E-state index contributed by atoms with van der Waals surface area (Å²) in [6, 6.07) is 8.16. The first-order valence-electron chi connectivity index (χ1n) is 5.42. The van der Waals surface area contributed by atoms with Crippen molar-refractivity contribution in [2.24, 2.45) is 0 Å². The van der Waals surface area contributed by atoms with Crippen LogP contribution in [0.4, 0.5) is 11.4 Å². The summed E-state index contributed by atoms with van der Waals surface area (Å²) in [5.41, 5.74) is 7.17. The Labute approximate surface area is 104 Å². The molecule has 0 atom stereocenters. The number of aromatic nitrogens is 1. The summed E-state index contributed by atoms with van der Waals surface area (Å²) >= 11 is 0. The summed E-state index contributed by atoms with van der Waals surface area (Å²) in [6.07, 6.45) is 1.40. The number of amides is 1. The Morgan fingerprint density at radius 2 is 2.11 bits per heavy atom. The van der Waals surface area contributed by atoms with E-state index in [1.807, 2.05) is 0 Å². The molecule has 0 bridgehead atoms. The van der Waals surface area contributed by atoms with Gasteiger partial charge in [0.05, 0.1) is 0 Å². The van der Waals surface area contributed by atoms with Gasteiger partial charge in [-0.2, -0.15) is 0 Å². The van der Waals surface area contributed by atoms with Gasteiger partial charge in [0.25, 0.3) is 5.91 Å². The molecule has 4 N–H and O–H groups in total. The second kappa shape index (κ2) is 4.75. The highest BCUT2D eigenvalue weighted by Gasteiger charge is 2.10. The van der Waals surface area contributed by atoms with Gasteiger partial charge in [0.15, 0.2) is 5.43 Å². The van der Waals surface area contributed by atoms with E-state index in [4.69, 9.17) is 5.73 Å². The van der Waals surface area contributed by atoms with Crippen molar-refractivity contribution in [2.45, 2.75) is 6.92 Å². The Morgan fingerprint density at radius 1 is 1.33 bits per heavy atom. The molecular weight excluding hydrogens is 230 g/mol. The molecule has 0 unspecified atom stereocenters. The average molecular weight is 243 g/mol. The van der Waals surface area contributed by atoms with E-state index in [-0.39, 0.29) is 11.0 Å². The number of hydrogen-bond donors (Lipinski definition) is 3. The van der Waals surface area contributed by atoms with Crippen LogP contribution >= 0.6 is 0 Å².